The Balaban J connectivity index is 2.77. The molecular formula is C19H26N4O3. The van der Waals surface area contributed by atoms with Gasteiger partial charge in [0.15, 0.2) is 0 Å². The van der Waals surface area contributed by atoms with Crippen molar-refractivity contribution in [3.63, 3.8) is 0 Å². The Bertz CT molecular complexity index is 665. The molecule has 7 nitrogen and oxygen atoms in total. The van der Waals surface area contributed by atoms with E-state index in [9.17, 15) is 20.0 Å². The van der Waals surface area contributed by atoms with E-state index >= 15 is 0 Å². The molecule has 0 bridgehead atoms. The SMILES string of the molecule is CCN(/C=C(/C#N)C(=O)NC(CC(C)C)C(=O)O)CCc1ccncc1. The molecule has 1 unspecified atom stereocenters. The van der Waals surface area contributed by atoms with E-state index in [0.29, 0.717) is 19.5 Å². The highest BCUT2D eigenvalue weighted by Crippen LogP contribution is 2.07. The monoisotopic (exact) mass is 358 g/mol. The van der Waals surface area contributed by atoms with E-state index in [1.807, 2.05) is 43.9 Å². The number of carbonyl (C=O) groups is 2. The number of aliphatic carboxylic acids is 1. The van der Waals surface area contributed by atoms with Crippen LogP contribution in [0.5, 0.6) is 0 Å². The van der Waals surface area contributed by atoms with Crippen molar-refractivity contribution >= 4 is 11.9 Å². The van der Waals surface area contributed by atoms with E-state index < -0.39 is 17.9 Å². The topological polar surface area (TPSA) is 106 Å². The number of carboxylic acid groups (broad SMARTS) is 1. The zero-order valence-electron chi connectivity index (χ0n) is 15.5. The average Bonchev–Trinajstić information content (AvgIpc) is 2.61. The average molecular weight is 358 g/mol. The summed E-state index contributed by atoms with van der Waals surface area (Å²) in [4.78, 5) is 29.4. The van der Waals surface area contributed by atoms with Crippen LogP contribution in [0, 0.1) is 17.2 Å². The quantitative estimate of drug-likeness (QED) is 0.489. The molecule has 1 aromatic heterocycles. The minimum atomic E-state index is -1.10. The zero-order chi connectivity index (χ0) is 19.5. The van der Waals surface area contributed by atoms with Gasteiger partial charge < -0.3 is 15.3 Å². The Morgan fingerprint density at radius 1 is 1.38 bits per heavy atom. The van der Waals surface area contributed by atoms with Crippen LogP contribution in [-0.2, 0) is 16.0 Å². The predicted molar refractivity (Wildman–Crippen MR) is 97.9 cm³/mol. The number of nitrogens with one attached hydrogen (secondary N) is 1. The van der Waals surface area contributed by atoms with Gasteiger partial charge in [0, 0.05) is 31.7 Å². The number of carboxylic acids is 1. The van der Waals surface area contributed by atoms with Crippen LogP contribution in [0.15, 0.2) is 36.3 Å². The summed E-state index contributed by atoms with van der Waals surface area (Å²) in [6.07, 6.45) is 5.98. The van der Waals surface area contributed by atoms with Gasteiger partial charge in [0.25, 0.3) is 5.91 Å². The van der Waals surface area contributed by atoms with Gasteiger partial charge in [0.05, 0.1) is 0 Å². The number of nitriles is 1. The molecule has 0 aliphatic rings. The number of amides is 1. The molecule has 1 aromatic rings. The lowest BCUT2D eigenvalue weighted by Crippen LogP contribution is -2.42. The summed E-state index contributed by atoms with van der Waals surface area (Å²) in [5.74, 6) is -1.66. The summed E-state index contributed by atoms with van der Waals surface area (Å²) in [6.45, 7) is 6.93. The second-order valence-electron chi connectivity index (χ2n) is 6.38. The third-order valence-corrected chi connectivity index (χ3v) is 3.83. The van der Waals surface area contributed by atoms with E-state index in [-0.39, 0.29) is 11.5 Å². The lowest BCUT2D eigenvalue weighted by atomic mass is 10.0. The minimum absolute atomic E-state index is 0.100. The molecule has 0 aromatic carbocycles. The van der Waals surface area contributed by atoms with Crippen LogP contribution in [0.2, 0.25) is 0 Å². The molecule has 1 rings (SSSR count). The Labute approximate surface area is 154 Å². The van der Waals surface area contributed by atoms with Crippen molar-refractivity contribution in [2.45, 2.75) is 39.7 Å². The fourth-order valence-corrected chi connectivity index (χ4v) is 2.39. The number of likely N-dealkylation sites (N-methyl/N-ethyl adjacent to an activating group) is 1. The molecule has 2 N–H and O–H groups in total. The third kappa shape index (κ3) is 7.34. The summed E-state index contributed by atoms with van der Waals surface area (Å²) in [5.41, 5.74) is 1.01. The largest absolute Gasteiger partial charge is 0.480 e. The fourth-order valence-electron chi connectivity index (χ4n) is 2.39. The first-order valence-electron chi connectivity index (χ1n) is 8.65. The first kappa shape index (κ1) is 21.2. The van der Waals surface area contributed by atoms with Gasteiger partial charge in [-0.1, -0.05) is 13.8 Å². The molecule has 7 heteroatoms. The molecule has 0 aliphatic heterocycles. The van der Waals surface area contributed by atoms with Crippen molar-refractivity contribution in [2.24, 2.45) is 5.92 Å². The van der Waals surface area contributed by atoms with E-state index in [1.165, 1.54) is 6.20 Å². The molecule has 26 heavy (non-hydrogen) atoms. The molecular weight excluding hydrogens is 332 g/mol. The van der Waals surface area contributed by atoms with Crippen LogP contribution in [0.4, 0.5) is 0 Å². The van der Waals surface area contributed by atoms with Crippen LogP contribution in [0.3, 0.4) is 0 Å². The predicted octanol–water partition coefficient (Wildman–Crippen LogP) is 1.97. The van der Waals surface area contributed by atoms with Gasteiger partial charge in [-0.25, -0.2) is 4.79 Å². The number of aromatic nitrogens is 1. The van der Waals surface area contributed by atoms with Crippen molar-refractivity contribution in [1.82, 2.24) is 15.2 Å². The molecule has 1 amide bonds. The molecule has 140 valence electrons. The maximum absolute atomic E-state index is 12.3. The highest BCUT2D eigenvalue weighted by Gasteiger charge is 2.23. The molecule has 1 atom stereocenters. The van der Waals surface area contributed by atoms with Gasteiger partial charge >= 0.3 is 5.97 Å². The molecule has 0 saturated carbocycles. The maximum Gasteiger partial charge on any atom is 0.326 e. The van der Waals surface area contributed by atoms with E-state index in [0.717, 1.165) is 12.0 Å². The minimum Gasteiger partial charge on any atom is -0.480 e. The van der Waals surface area contributed by atoms with Gasteiger partial charge in [-0.05, 0) is 43.4 Å². The Morgan fingerprint density at radius 2 is 2.04 bits per heavy atom. The number of hydrogen-bond acceptors (Lipinski definition) is 5. The Kier molecular flexibility index (Phi) is 8.85. The van der Waals surface area contributed by atoms with Crippen LogP contribution >= 0.6 is 0 Å². The summed E-state index contributed by atoms with van der Waals surface area (Å²) in [6, 6.07) is 4.69. The van der Waals surface area contributed by atoms with Gasteiger partial charge in [-0.2, -0.15) is 5.26 Å². The fraction of sp³-hybridized carbons (Fsp3) is 0.474. The van der Waals surface area contributed by atoms with Crippen molar-refractivity contribution < 1.29 is 14.7 Å². The summed E-state index contributed by atoms with van der Waals surface area (Å²) in [7, 11) is 0. The van der Waals surface area contributed by atoms with Crippen LogP contribution in [0.25, 0.3) is 0 Å². The van der Waals surface area contributed by atoms with Gasteiger partial charge in [0.1, 0.15) is 17.7 Å². The Hall–Kier alpha value is -2.88. The second-order valence-corrected chi connectivity index (χ2v) is 6.38. The van der Waals surface area contributed by atoms with Crippen molar-refractivity contribution in [3.05, 3.63) is 41.9 Å². The van der Waals surface area contributed by atoms with Gasteiger partial charge in [-0.3, -0.25) is 9.78 Å². The van der Waals surface area contributed by atoms with Gasteiger partial charge in [-0.15, -0.1) is 0 Å². The molecule has 0 spiro atoms. The summed E-state index contributed by atoms with van der Waals surface area (Å²) >= 11 is 0. The van der Waals surface area contributed by atoms with Crippen molar-refractivity contribution in [1.29, 1.82) is 5.26 Å². The zero-order valence-corrected chi connectivity index (χ0v) is 15.5. The van der Waals surface area contributed by atoms with Crippen LogP contribution in [0.1, 0.15) is 32.8 Å². The summed E-state index contributed by atoms with van der Waals surface area (Å²) in [5, 5.41) is 21.0. The number of pyridine rings is 1. The second kappa shape index (κ2) is 10.9. The highest BCUT2D eigenvalue weighted by molar-refractivity contribution is 5.99. The summed E-state index contributed by atoms with van der Waals surface area (Å²) < 4.78 is 0. The van der Waals surface area contributed by atoms with E-state index in [1.54, 1.807) is 12.4 Å². The van der Waals surface area contributed by atoms with E-state index in [2.05, 4.69) is 10.3 Å². The molecule has 0 radical (unpaired) electrons. The number of hydrogen-bond donors (Lipinski definition) is 2. The van der Waals surface area contributed by atoms with Crippen molar-refractivity contribution in [3.8, 4) is 6.07 Å². The smallest absolute Gasteiger partial charge is 0.326 e. The molecule has 0 saturated heterocycles. The Morgan fingerprint density at radius 3 is 2.54 bits per heavy atom. The maximum atomic E-state index is 12.3. The third-order valence-electron chi connectivity index (χ3n) is 3.83. The normalized spacial score (nSPS) is 12.3. The van der Waals surface area contributed by atoms with Crippen LogP contribution in [-0.4, -0.2) is 46.0 Å². The number of carbonyl (C=O) groups excluding carboxylic acids is 1. The highest BCUT2D eigenvalue weighted by atomic mass is 16.4. The molecule has 0 fully saturated rings. The lowest BCUT2D eigenvalue weighted by molar-refractivity contribution is -0.141. The number of rotatable bonds is 10. The van der Waals surface area contributed by atoms with Gasteiger partial charge in [0.2, 0.25) is 0 Å². The first-order chi connectivity index (χ1) is 12.4. The van der Waals surface area contributed by atoms with Crippen molar-refractivity contribution in [2.75, 3.05) is 13.1 Å². The first-order valence-corrected chi connectivity index (χ1v) is 8.65. The van der Waals surface area contributed by atoms with E-state index in [4.69, 9.17) is 0 Å². The van der Waals surface area contributed by atoms with Crippen LogP contribution < -0.4 is 5.32 Å². The molecule has 1 heterocycles. The standard InChI is InChI=1S/C19H26N4O3/c1-4-23(10-7-15-5-8-21-9-6-15)13-16(12-20)18(24)22-17(19(25)26)11-14(2)3/h5-6,8-9,13-14,17H,4,7,10-11H2,1-3H3,(H,22,24)(H,25,26)/b16-13-. The lowest BCUT2D eigenvalue weighted by Gasteiger charge is -2.20. The number of nitrogens with zero attached hydrogens (tertiary/aromatic N) is 3. The molecule has 0 aliphatic carbocycles.